The van der Waals surface area contributed by atoms with Crippen molar-refractivity contribution in [3.05, 3.63) is 76.7 Å². The van der Waals surface area contributed by atoms with E-state index in [1.807, 2.05) is 0 Å². The summed E-state index contributed by atoms with van der Waals surface area (Å²) >= 11 is 0. The molecule has 0 heterocycles. The van der Waals surface area contributed by atoms with Gasteiger partial charge in [-0.25, -0.2) is 0 Å². The number of hydrogen-bond donors (Lipinski definition) is 0. The minimum atomic E-state index is 0.811. The van der Waals surface area contributed by atoms with Gasteiger partial charge in [-0.05, 0) is 49.2 Å². The molecule has 2 aromatic rings. The van der Waals surface area contributed by atoms with Crippen LogP contribution < -0.4 is 0 Å². The van der Waals surface area contributed by atoms with Crippen LogP contribution in [0.1, 0.15) is 35.1 Å². The maximum absolute atomic E-state index is 2.32. The molecule has 2 aliphatic rings. The summed E-state index contributed by atoms with van der Waals surface area (Å²) in [5.74, 6) is 2.43. The number of rotatable bonds is 1. The first kappa shape index (κ1) is 10.3. The van der Waals surface area contributed by atoms with E-state index in [2.05, 4.69) is 48.5 Å². The van der Waals surface area contributed by atoms with Gasteiger partial charge in [-0.1, -0.05) is 0 Å². The Morgan fingerprint density at radius 1 is 0.722 bits per heavy atom. The number of hydrogen-bond acceptors (Lipinski definition) is 0. The van der Waals surface area contributed by atoms with Gasteiger partial charge in [0.05, 0.1) is 11.1 Å². The molecule has 0 unspecified atom stereocenters. The lowest BCUT2D eigenvalue weighted by molar-refractivity contribution is 0.901. The maximum Gasteiger partial charge on any atom is 0.0790 e. The molecule has 0 spiro atoms. The zero-order valence-corrected chi connectivity index (χ0v) is 10.5. The molecule has 0 aliphatic heterocycles. The summed E-state index contributed by atoms with van der Waals surface area (Å²) in [6, 6.07) is 18.0. The van der Waals surface area contributed by atoms with E-state index in [1.165, 1.54) is 47.9 Å². The Balaban J connectivity index is 1.93. The van der Waals surface area contributed by atoms with Gasteiger partial charge >= 0.3 is 0 Å². The molecule has 0 N–H and O–H groups in total. The number of benzene rings is 2. The molecule has 0 heteroatoms. The molecule has 0 bridgehead atoms. The van der Waals surface area contributed by atoms with Gasteiger partial charge in [0.25, 0.3) is 0 Å². The molecular weight excluding hydrogens is 216 g/mol. The third-order valence-electron chi connectivity index (χ3n) is 4.26. The topological polar surface area (TPSA) is 0 Å². The highest BCUT2D eigenvalue weighted by atomic mass is 14.4. The standard InChI is InChI=1S/C18H17/c1-3-7-16-13(5-1)9-10-14-6-2-4-8-17(14)18(16)15-11-12-15/h1-8,15H,9-12H2/q+1. The fourth-order valence-electron chi connectivity index (χ4n) is 3.23. The van der Waals surface area contributed by atoms with Crippen LogP contribution in [0.25, 0.3) is 0 Å². The number of fused-ring (bicyclic) bond motifs is 2. The summed E-state index contributed by atoms with van der Waals surface area (Å²) in [5, 5.41) is 0. The van der Waals surface area contributed by atoms with Crippen LogP contribution in [0.4, 0.5) is 0 Å². The Bertz CT molecular complexity index is 531. The predicted molar refractivity (Wildman–Crippen MR) is 74.5 cm³/mol. The van der Waals surface area contributed by atoms with Crippen LogP contribution in [-0.2, 0) is 12.8 Å². The van der Waals surface area contributed by atoms with Crippen molar-refractivity contribution >= 4 is 0 Å². The first-order valence-corrected chi connectivity index (χ1v) is 6.97. The van der Waals surface area contributed by atoms with Crippen LogP contribution in [0.3, 0.4) is 0 Å². The highest BCUT2D eigenvalue weighted by molar-refractivity contribution is 5.56. The second kappa shape index (κ2) is 3.91. The van der Waals surface area contributed by atoms with Crippen molar-refractivity contribution in [1.29, 1.82) is 0 Å². The van der Waals surface area contributed by atoms with Gasteiger partial charge in [-0.15, -0.1) is 0 Å². The van der Waals surface area contributed by atoms with Gasteiger partial charge in [-0.3, -0.25) is 0 Å². The molecule has 1 fully saturated rings. The van der Waals surface area contributed by atoms with E-state index in [4.69, 9.17) is 0 Å². The van der Waals surface area contributed by atoms with E-state index in [1.54, 1.807) is 5.92 Å². The predicted octanol–water partition coefficient (Wildman–Crippen LogP) is 4.17. The first-order valence-electron chi connectivity index (χ1n) is 6.97. The molecule has 2 aromatic carbocycles. The van der Waals surface area contributed by atoms with Crippen molar-refractivity contribution in [1.82, 2.24) is 0 Å². The molecule has 0 radical (unpaired) electrons. The van der Waals surface area contributed by atoms with Crippen LogP contribution in [-0.4, -0.2) is 0 Å². The normalized spacial score (nSPS) is 17.9. The molecule has 2 aliphatic carbocycles. The summed E-state index contributed by atoms with van der Waals surface area (Å²) in [4.78, 5) is 0. The average Bonchev–Trinajstić information content (AvgIpc) is 3.23. The quantitative estimate of drug-likeness (QED) is 0.649. The average molecular weight is 233 g/mol. The van der Waals surface area contributed by atoms with Gasteiger partial charge in [0.15, 0.2) is 0 Å². The second-order valence-electron chi connectivity index (χ2n) is 5.50. The van der Waals surface area contributed by atoms with Crippen LogP contribution in [0.5, 0.6) is 0 Å². The summed E-state index contributed by atoms with van der Waals surface area (Å²) in [7, 11) is 0. The highest BCUT2D eigenvalue weighted by Crippen LogP contribution is 2.48. The van der Waals surface area contributed by atoms with Crippen molar-refractivity contribution in [3.8, 4) is 0 Å². The lowest BCUT2D eigenvalue weighted by Gasteiger charge is -2.13. The molecule has 0 amide bonds. The van der Waals surface area contributed by atoms with Crippen molar-refractivity contribution in [2.75, 3.05) is 0 Å². The Hall–Kier alpha value is -1.69. The van der Waals surface area contributed by atoms with E-state index in [-0.39, 0.29) is 0 Å². The lowest BCUT2D eigenvalue weighted by atomic mass is 9.84. The Morgan fingerprint density at radius 3 is 1.72 bits per heavy atom. The molecule has 1 saturated carbocycles. The van der Waals surface area contributed by atoms with Crippen LogP contribution in [0, 0.1) is 11.8 Å². The Kier molecular flexibility index (Phi) is 2.23. The lowest BCUT2D eigenvalue weighted by Crippen LogP contribution is -2.06. The second-order valence-corrected chi connectivity index (χ2v) is 5.50. The number of aryl methyl sites for hydroxylation is 2. The van der Waals surface area contributed by atoms with Gasteiger partial charge < -0.3 is 0 Å². The van der Waals surface area contributed by atoms with Gasteiger partial charge in [-0.2, -0.15) is 0 Å². The van der Waals surface area contributed by atoms with E-state index in [9.17, 15) is 0 Å². The molecule has 18 heavy (non-hydrogen) atoms. The maximum atomic E-state index is 2.32. The van der Waals surface area contributed by atoms with E-state index in [0.29, 0.717) is 0 Å². The molecule has 4 rings (SSSR count). The minimum Gasteiger partial charge on any atom is -0.0463 e. The zero-order chi connectivity index (χ0) is 11.9. The van der Waals surface area contributed by atoms with Crippen molar-refractivity contribution < 1.29 is 0 Å². The van der Waals surface area contributed by atoms with Crippen LogP contribution in [0.15, 0.2) is 48.5 Å². The smallest absolute Gasteiger partial charge is 0.0463 e. The molecule has 0 atom stereocenters. The minimum absolute atomic E-state index is 0.811. The monoisotopic (exact) mass is 233 g/mol. The largest absolute Gasteiger partial charge is 0.0790 e. The van der Waals surface area contributed by atoms with E-state index < -0.39 is 0 Å². The summed E-state index contributed by atoms with van der Waals surface area (Å²) in [6.07, 6.45) is 5.11. The van der Waals surface area contributed by atoms with Crippen molar-refractivity contribution in [2.45, 2.75) is 25.7 Å². The molecule has 0 nitrogen and oxygen atoms in total. The SMILES string of the molecule is c1ccc2c(c1)CCc1ccccc1[C+]2C1CC1. The van der Waals surface area contributed by atoms with Crippen molar-refractivity contribution in [2.24, 2.45) is 5.92 Å². The van der Waals surface area contributed by atoms with Crippen molar-refractivity contribution in [3.63, 3.8) is 0 Å². The fraction of sp³-hybridized carbons (Fsp3) is 0.278. The fourth-order valence-corrected chi connectivity index (χ4v) is 3.23. The van der Waals surface area contributed by atoms with Gasteiger partial charge in [0.1, 0.15) is 0 Å². The first-order chi connectivity index (χ1) is 8.93. The molecule has 0 aromatic heterocycles. The van der Waals surface area contributed by atoms with E-state index in [0.717, 1.165) is 5.92 Å². The summed E-state index contributed by atoms with van der Waals surface area (Å²) < 4.78 is 0. The highest BCUT2D eigenvalue weighted by Gasteiger charge is 2.41. The van der Waals surface area contributed by atoms with Gasteiger partial charge in [0.2, 0.25) is 0 Å². The van der Waals surface area contributed by atoms with Crippen LogP contribution >= 0.6 is 0 Å². The summed E-state index contributed by atoms with van der Waals surface area (Å²) in [5.41, 5.74) is 6.11. The van der Waals surface area contributed by atoms with Gasteiger partial charge in [0, 0.05) is 47.9 Å². The third kappa shape index (κ3) is 1.56. The third-order valence-corrected chi connectivity index (χ3v) is 4.26. The van der Waals surface area contributed by atoms with Crippen LogP contribution in [0.2, 0.25) is 0 Å². The zero-order valence-electron chi connectivity index (χ0n) is 10.5. The Morgan fingerprint density at radius 2 is 1.22 bits per heavy atom. The molecule has 0 saturated heterocycles. The molecular formula is C18H17+. The summed E-state index contributed by atoms with van der Waals surface area (Å²) in [6.45, 7) is 0. The Labute approximate surface area is 109 Å². The van der Waals surface area contributed by atoms with E-state index >= 15 is 0 Å². The molecule has 88 valence electrons.